The van der Waals surface area contributed by atoms with Gasteiger partial charge < -0.3 is 5.32 Å². The number of hydrogen-bond acceptors (Lipinski definition) is 2. The summed E-state index contributed by atoms with van der Waals surface area (Å²) >= 11 is 1.94. The SMILES string of the molecule is Cc1ccc(SCCCNc2ccccc2)cc1C. The Hall–Kier alpha value is -1.41. The van der Waals surface area contributed by atoms with Gasteiger partial charge in [0, 0.05) is 17.1 Å². The van der Waals surface area contributed by atoms with Crippen LogP contribution in [0.25, 0.3) is 0 Å². The van der Waals surface area contributed by atoms with E-state index in [2.05, 4.69) is 61.6 Å². The third-order valence-electron chi connectivity index (χ3n) is 3.17. The molecule has 0 aliphatic rings. The van der Waals surface area contributed by atoms with Crippen LogP contribution in [0.4, 0.5) is 5.69 Å². The van der Waals surface area contributed by atoms with Gasteiger partial charge >= 0.3 is 0 Å². The van der Waals surface area contributed by atoms with Crippen LogP contribution in [0.5, 0.6) is 0 Å². The third-order valence-corrected chi connectivity index (χ3v) is 4.25. The van der Waals surface area contributed by atoms with Gasteiger partial charge in [0.2, 0.25) is 0 Å². The molecular formula is C17H21NS. The molecule has 0 atom stereocenters. The van der Waals surface area contributed by atoms with Gasteiger partial charge in [-0.1, -0.05) is 24.3 Å². The van der Waals surface area contributed by atoms with Crippen molar-refractivity contribution in [1.82, 2.24) is 0 Å². The molecule has 0 aliphatic carbocycles. The van der Waals surface area contributed by atoms with E-state index < -0.39 is 0 Å². The van der Waals surface area contributed by atoms with Gasteiger partial charge in [0.15, 0.2) is 0 Å². The molecule has 0 heterocycles. The van der Waals surface area contributed by atoms with E-state index in [0.717, 1.165) is 12.3 Å². The van der Waals surface area contributed by atoms with Crippen molar-refractivity contribution in [1.29, 1.82) is 0 Å². The Kier molecular flexibility index (Phi) is 5.34. The van der Waals surface area contributed by atoms with Crippen LogP contribution in [0.15, 0.2) is 53.4 Å². The van der Waals surface area contributed by atoms with Gasteiger partial charge in [-0.15, -0.1) is 11.8 Å². The van der Waals surface area contributed by atoms with Crippen molar-refractivity contribution in [2.75, 3.05) is 17.6 Å². The molecule has 0 saturated heterocycles. The molecule has 2 rings (SSSR count). The number of rotatable bonds is 6. The number of benzene rings is 2. The number of hydrogen-bond donors (Lipinski definition) is 1. The average molecular weight is 271 g/mol. The molecule has 1 nitrogen and oxygen atoms in total. The van der Waals surface area contributed by atoms with Crippen molar-refractivity contribution in [2.24, 2.45) is 0 Å². The van der Waals surface area contributed by atoms with E-state index in [1.54, 1.807) is 0 Å². The average Bonchev–Trinajstić information content (AvgIpc) is 2.43. The smallest absolute Gasteiger partial charge is 0.0340 e. The van der Waals surface area contributed by atoms with Crippen LogP contribution in [0, 0.1) is 13.8 Å². The van der Waals surface area contributed by atoms with Crippen molar-refractivity contribution in [3.05, 3.63) is 59.7 Å². The second-order valence-corrected chi connectivity index (χ2v) is 5.91. The molecule has 0 unspecified atom stereocenters. The van der Waals surface area contributed by atoms with Crippen LogP contribution in [0.2, 0.25) is 0 Å². The van der Waals surface area contributed by atoms with Gasteiger partial charge in [-0.25, -0.2) is 0 Å². The minimum absolute atomic E-state index is 1.03. The predicted octanol–water partition coefficient (Wildman–Crippen LogP) is 4.90. The summed E-state index contributed by atoms with van der Waals surface area (Å²) in [6.45, 7) is 5.37. The molecule has 0 fully saturated rings. The lowest BCUT2D eigenvalue weighted by atomic mass is 10.1. The topological polar surface area (TPSA) is 12.0 Å². The number of para-hydroxylation sites is 1. The fraction of sp³-hybridized carbons (Fsp3) is 0.294. The molecule has 1 N–H and O–H groups in total. The van der Waals surface area contributed by atoms with Crippen LogP contribution < -0.4 is 5.32 Å². The highest BCUT2D eigenvalue weighted by Crippen LogP contribution is 2.21. The molecule has 2 aromatic carbocycles. The van der Waals surface area contributed by atoms with E-state index >= 15 is 0 Å². The normalized spacial score (nSPS) is 10.4. The fourth-order valence-electron chi connectivity index (χ4n) is 1.85. The zero-order chi connectivity index (χ0) is 13.5. The van der Waals surface area contributed by atoms with Gasteiger partial charge in [0.1, 0.15) is 0 Å². The van der Waals surface area contributed by atoms with Crippen molar-refractivity contribution in [3.63, 3.8) is 0 Å². The maximum Gasteiger partial charge on any atom is 0.0340 e. The monoisotopic (exact) mass is 271 g/mol. The zero-order valence-corrected chi connectivity index (χ0v) is 12.5. The molecule has 0 amide bonds. The number of anilines is 1. The predicted molar refractivity (Wildman–Crippen MR) is 86.2 cm³/mol. The summed E-state index contributed by atoms with van der Waals surface area (Å²) in [5.41, 5.74) is 3.96. The number of nitrogens with one attached hydrogen (secondary N) is 1. The summed E-state index contributed by atoms with van der Waals surface area (Å²) in [5.74, 6) is 1.16. The van der Waals surface area contributed by atoms with E-state index in [4.69, 9.17) is 0 Å². The first-order valence-electron chi connectivity index (χ1n) is 6.75. The molecule has 0 saturated carbocycles. The summed E-state index contributed by atoms with van der Waals surface area (Å²) in [7, 11) is 0. The highest BCUT2D eigenvalue weighted by molar-refractivity contribution is 7.99. The Labute approximate surface area is 120 Å². The Morgan fingerprint density at radius 1 is 0.947 bits per heavy atom. The Morgan fingerprint density at radius 3 is 2.47 bits per heavy atom. The van der Waals surface area contributed by atoms with Crippen LogP contribution in [0.1, 0.15) is 17.5 Å². The van der Waals surface area contributed by atoms with Crippen LogP contribution in [-0.2, 0) is 0 Å². The lowest BCUT2D eigenvalue weighted by Crippen LogP contribution is -2.02. The van der Waals surface area contributed by atoms with Gasteiger partial charge in [-0.05, 0) is 61.4 Å². The minimum atomic E-state index is 1.03. The fourth-order valence-corrected chi connectivity index (χ4v) is 2.80. The first-order chi connectivity index (χ1) is 9.25. The van der Waals surface area contributed by atoms with Crippen molar-refractivity contribution < 1.29 is 0 Å². The van der Waals surface area contributed by atoms with Crippen LogP contribution in [0.3, 0.4) is 0 Å². The molecule has 19 heavy (non-hydrogen) atoms. The molecule has 100 valence electrons. The standard InChI is InChI=1S/C17H21NS/c1-14-9-10-17(13-15(14)2)19-12-6-11-18-16-7-4-3-5-8-16/h3-5,7-10,13,18H,6,11-12H2,1-2H3. The molecule has 2 aromatic rings. The van der Waals surface area contributed by atoms with E-state index in [9.17, 15) is 0 Å². The molecule has 0 aromatic heterocycles. The van der Waals surface area contributed by atoms with E-state index in [1.807, 2.05) is 17.8 Å². The summed E-state index contributed by atoms with van der Waals surface area (Å²) in [4.78, 5) is 1.38. The first kappa shape index (κ1) is 14.0. The van der Waals surface area contributed by atoms with Gasteiger partial charge in [0.05, 0.1) is 0 Å². The first-order valence-corrected chi connectivity index (χ1v) is 7.73. The van der Waals surface area contributed by atoms with E-state index in [1.165, 1.54) is 28.1 Å². The minimum Gasteiger partial charge on any atom is -0.385 e. The lowest BCUT2D eigenvalue weighted by Gasteiger charge is -2.07. The van der Waals surface area contributed by atoms with Crippen LogP contribution in [-0.4, -0.2) is 12.3 Å². The maximum atomic E-state index is 3.44. The lowest BCUT2D eigenvalue weighted by molar-refractivity contribution is 0.991. The molecule has 0 radical (unpaired) electrons. The highest BCUT2D eigenvalue weighted by Gasteiger charge is 1.97. The second-order valence-electron chi connectivity index (χ2n) is 4.74. The molecular weight excluding hydrogens is 250 g/mol. The second kappa shape index (κ2) is 7.25. The third kappa shape index (κ3) is 4.64. The Balaban J connectivity index is 1.68. The molecule has 0 bridgehead atoms. The number of aryl methyl sites for hydroxylation is 2. The van der Waals surface area contributed by atoms with E-state index in [0.29, 0.717) is 0 Å². The summed E-state index contributed by atoms with van der Waals surface area (Å²) in [5, 5.41) is 3.44. The molecule has 0 aliphatic heterocycles. The number of thioether (sulfide) groups is 1. The van der Waals surface area contributed by atoms with Crippen molar-refractivity contribution in [2.45, 2.75) is 25.2 Å². The maximum absolute atomic E-state index is 3.44. The van der Waals surface area contributed by atoms with Gasteiger partial charge in [-0.2, -0.15) is 0 Å². The van der Waals surface area contributed by atoms with Crippen molar-refractivity contribution in [3.8, 4) is 0 Å². The van der Waals surface area contributed by atoms with Crippen LogP contribution >= 0.6 is 11.8 Å². The quantitative estimate of drug-likeness (QED) is 0.592. The van der Waals surface area contributed by atoms with Gasteiger partial charge in [-0.3, -0.25) is 0 Å². The largest absolute Gasteiger partial charge is 0.385 e. The highest BCUT2D eigenvalue weighted by atomic mass is 32.2. The summed E-state index contributed by atoms with van der Waals surface area (Å²) < 4.78 is 0. The Morgan fingerprint density at radius 2 is 1.74 bits per heavy atom. The summed E-state index contributed by atoms with van der Waals surface area (Å²) in [6.07, 6.45) is 1.17. The van der Waals surface area contributed by atoms with E-state index in [-0.39, 0.29) is 0 Å². The molecule has 2 heteroatoms. The zero-order valence-electron chi connectivity index (χ0n) is 11.6. The summed E-state index contributed by atoms with van der Waals surface area (Å²) in [6, 6.07) is 17.1. The molecule has 0 spiro atoms. The Bertz CT molecular complexity index is 508. The van der Waals surface area contributed by atoms with Gasteiger partial charge in [0.25, 0.3) is 0 Å². The van der Waals surface area contributed by atoms with Crippen molar-refractivity contribution >= 4 is 17.4 Å².